The van der Waals surface area contributed by atoms with Crippen LogP contribution in [0.25, 0.3) is 33.3 Å². The van der Waals surface area contributed by atoms with Crippen molar-refractivity contribution in [3.05, 3.63) is 96.8 Å². The van der Waals surface area contributed by atoms with E-state index in [0.717, 1.165) is 59.0 Å². The second kappa shape index (κ2) is 15.3. The standard InChI is InChI=1S/C42H44ClF3N8O5/c1-23-25(8-7-11-28(23)47-36-34-31(21-32(49-36)42(44,45)46)51(2)40(57)52(3)38(34)55)26-9-6-10-27(35(26)43)29-20-24-12-13-30(33(24)37(48-29)59-5)54-17-15-41(22-54)14-16-53(18-19-58-4)39(56)50-41/h6-11,20-21,30H,12-19,22H2,1-5H3,(H,47,49)(H,50,56)/t30-,41+/m0/s1. The lowest BCUT2D eigenvalue weighted by Crippen LogP contribution is -2.61. The summed E-state index contributed by atoms with van der Waals surface area (Å²) in [4.78, 5) is 52.0. The molecule has 2 fully saturated rings. The van der Waals surface area contributed by atoms with E-state index in [1.165, 1.54) is 14.1 Å². The van der Waals surface area contributed by atoms with Crippen LogP contribution in [0, 0.1) is 6.92 Å². The normalized spacial score (nSPS) is 19.4. The zero-order valence-electron chi connectivity index (χ0n) is 33.3. The largest absolute Gasteiger partial charge is 0.481 e. The molecule has 0 radical (unpaired) electrons. The number of anilines is 2. The summed E-state index contributed by atoms with van der Waals surface area (Å²) in [6.07, 6.45) is -1.43. The number of hydrogen-bond acceptors (Lipinski definition) is 9. The number of urea groups is 1. The van der Waals surface area contributed by atoms with E-state index in [4.69, 9.17) is 26.1 Å². The number of benzene rings is 2. The van der Waals surface area contributed by atoms with E-state index in [1.807, 2.05) is 29.2 Å². The maximum atomic E-state index is 14.1. The molecule has 2 aromatic carbocycles. The molecule has 17 heteroatoms. The molecule has 0 bridgehead atoms. The summed E-state index contributed by atoms with van der Waals surface area (Å²) in [7, 11) is 5.81. The van der Waals surface area contributed by atoms with Crippen LogP contribution in [-0.4, -0.2) is 87.5 Å². The van der Waals surface area contributed by atoms with Gasteiger partial charge in [-0.05, 0) is 67.5 Å². The average molecular weight is 833 g/mol. The number of nitrogens with zero attached hydrogens (tertiary/aromatic N) is 6. The highest BCUT2D eigenvalue weighted by molar-refractivity contribution is 6.36. The number of aromatic nitrogens is 4. The monoisotopic (exact) mass is 832 g/mol. The second-order valence-electron chi connectivity index (χ2n) is 15.5. The molecule has 2 atom stereocenters. The maximum Gasteiger partial charge on any atom is 0.433 e. The van der Waals surface area contributed by atoms with Gasteiger partial charge in [0.05, 0.1) is 35.5 Å². The molecule has 5 aromatic rings. The van der Waals surface area contributed by atoms with Gasteiger partial charge in [0, 0.05) is 75.8 Å². The first-order valence-corrected chi connectivity index (χ1v) is 19.7. The van der Waals surface area contributed by atoms with Crippen molar-refractivity contribution in [1.82, 2.24) is 34.2 Å². The number of nitrogens with one attached hydrogen (secondary N) is 2. The smallest absolute Gasteiger partial charge is 0.433 e. The maximum absolute atomic E-state index is 14.1. The molecule has 2 saturated heterocycles. The summed E-state index contributed by atoms with van der Waals surface area (Å²) >= 11 is 7.23. The van der Waals surface area contributed by atoms with E-state index in [1.54, 1.807) is 33.3 Å². The Bertz CT molecular complexity index is 2630. The summed E-state index contributed by atoms with van der Waals surface area (Å²) in [6.45, 7) is 5.12. The van der Waals surface area contributed by atoms with E-state index >= 15 is 0 Å². The van der Waals surface area contributed by atoms with Crippen LogP contribution in [0.15, 0.2) is 58.1 Å². The number of aryl methyl sites for hydroxylation is 2. The van der Waals surface area contributed by atoms with E-state index < -0.39 is 23.1 Å². The van der Waals surface area contributed by atoms with Crippen LogP contribution in [0.4, 0.5) is 29.5 Å². The summed E-state index contributed by atoms with van der Waals surface area (Å²) in [5, 5.41) is 6.53. The Labute approximate surface area is 342 Å². The molecule has 2 N–H and O–H groups in total. The number of likely N-dealkylation sites (tertiary alicyclic amines) is 1. The molecule has 8 rings (SSSR count). The van der Waals surface area contributed by atoms with Crippen molar-refractivity contribution in [2.45, 2.75) is 50.4 Å². The van der Waals surface area contributed by atoms with Crippen LogP contribution in [-0.2, 0) is 31.4 Å². The van der Waals surface area contributed by atoms with Crippen molar-refractivity contribution >= 4 is 40.0 Å². The topological polar surface area (TPSA) is 136 Å². The van der Waals surface area contributed by atoms with Gasteiger partial charge < -0.3 is 25.0 Å². The quantitative estimate of drug-likeness (QED) is 0.169. The molecule has 3 aliphatic rings. The highest BCUT2D eigenvalue weighted by Crippen LogP contribution is 2.47. The Hall–Kier alpha value is -5.45. The predicted molar refractivity (Wildman–Crippen MR) is 218 cm³/mol. The highest BCUT2D eigenvalue weighted by Gasteiger charge is 2.46. The molecule has 1 spiro atoms. The third kappa shape index (κ3) is 7.10. The minimum absolute atomic E-state index is 0.0503. The van der Waals surface area contributed by atoms with Crippen LogP contribution in [0.2, 0.25) is 5.02 Å². The minimum Gasteiger partial charge on any atom is -0.481 e. The van der Waals surface area contributed by atoms with Crippen molar-refractivity contribution in [1.29, 1.82) is 0 Å². The van der Waals surface area contributed by atoms with E-state index in [0.29, 0.717) is 70.3 Å². The lowest BCUT2D eigenvalue weighted by atomic mass is 9.92. The molecular weight excluding hydrogens is 789 g/mol. The van der Waals surface area contributed by atoms with Crippen LogP contribution in [0.5, 0.6) is 5.88 Å². The van der Waals surface area contributed by atoms with Crippen molar-refractivity contribution in [3.63, 3.8) is 0 Å². The predicted octanol–water partition coefficient (Wildman–Crippen LogP) is 6.59. The summed E-state index contributed by atoms with van der Waals surface area (Å²) in [5.41, 5.74) is 2.53. The molecule has 3 aromatic heterocycles. The molecule has 2 amide bonds. The van der Waals surface area contributed by atoms with Crippen LogP contribution in [0.3, 0.4) is 0 Å². The van der Waals surface area contributed by atoms with Crippen molar-refractivity contribution < 1.29 is 27.4 Å². The third-order valence-corrected chi connectivity index (χ3v) is 12.5. The lowest BCUT2D eigenvalue weighted by Gasteiger charge is -2.40. The first-order chi connectivity index (χ1) is 28.1. The molecule has 13 nitrogen and oxygen atoms in total. The second-order valence-corrected chi connectivity index (χ2v) is 15.9. The number of pyridine rings is 2. The van der Waals surface area contributed by atoms with Crippen molar-refractivity contribution in [2.75, 3.05) is 52.3 Å². The van der Waals surface area contributed by atoms with E-state index in [9.17, 15) is 27.6 Å². The summed E-state index contributed by atoms with van der Waals surface area (Å²) in [5.74, 6) is 0.184. The number of carbonyl (C=O) groups is 1. The zero-order chi connectivity index (χ0) is 42.0. The number of alkyl halides is 3. The summed E-state index contributed by atoms with van der Waals surface area (Å²) in [6, 6.07) is 13.7. The Kier molecular flexibility index (Phi) is 10.5. The van der Waals surface area contributed by atoms with Gasteiger partial charge in [0.25, 0.3) is 5.56 Å². The molecule has 2 aliphatic heterocycles. The molecule has 0 saturated carbocycles. The Balaban J connectivity index is 1.10. The van der Waals surface area contributed by atoms with Crippen LogP contribution < -0.4 is 26.6 Å². The number of ether oxygens (including phenoxy) is 2. The fourth-order valence-electron chi connectivity index (χ4n) is 8.90. The number of carbonyl (C=O) groups excluding carboxylic acids is 1. The first kappa shape index (κ1) is 40.3. The molecule has 1 aliphatic carbocycles. The zero-order valence-corrected chi connectivity index (χ0v) is 34.1. The molecule has 5 heterocycles. The van der Waals surface area contributed by atoms with Gasteiger partial charge in [0.15, 0.2) is 0 Å². The van der Waals surface area contributed by atoms with Gasteiger partial charge in [-0.25, -0.2) is 19.6 Å². The SMILES string of the molecule is COCCN1CC[C@]2(CCN([C@H]3CCc4cc(-c5cccc(-c6cccc(Nc7nc(C(F)(F)F)cc8c7c(=O)n(C)c(=O)n8C)c6C)c5Cl)nc(OC)c43)C2)NC1=O. The van der Waals surface area contributed by atoms with Gasteiger partial charge in [0.2, 0.25) is 5.88 Å². The van der Waals surface area contributed by atoms with Crippen molar-refractivity contribution in [2.24, 2.45) is 14.1 Å². The van der Waals surface area contributed by atoms with Gasteiger partial charge in [-0.3, -0.25) is 18.8 Å². The van der Waals surface area contributed by atoms with Gasteiger partial charge >= 0.3 is 17.9 Å². The minimum atomic E-state index is -4.85. The molecule has 310 valence electrons. The fourth-order valence-corrected chi connectivity index (χ4v) is 9.23. The third-order valence-electron chi connectivity index (χ3n) is 12.1. The van der Waals surface area contributed by atoms with E-state index in [2.05, 4.69) is 26.6 Å². The van der Waals surface area contributed by atoms with Gasteiger partial charge in [-0.1, -0.05) is 41.9 Å². The number of amides is 2. The van der Waals surface area contributed by atoms with Crippen LogP contribution in [0.1, 0.15) is 47.7 Å². The summed E-state index contributed by atoms with van der Waals surface area (Å²) < 4.78 is 55.1. The Morgan fingerprint density at radius 2 is 1.71 bits per heavy atom. The highest BCUT2D eigenvalue weighted by atomic mass is 35.5. The van der Waals surface area contributed by atoms with Crippen LogP contribution >= 0.6 is 11.6 Å². The molecular formula is C42H44ClF3N8O5. The first-order valence-electron chi connectivity index (χ1n) is 19.4. The van der Waals surface area contributed by atoms with Gasteiger partial charge in [-0.2, -0.15) is 13.2 Å². The Morgan fingerprint density at radius 3 is 2.44 bits per heavy atom. The van der Waals surface area contributed by atoms with E-state index in [-0.39, 0.29) is 34.3 Å². The fraction of sp³-hybridized carbons (Fsp3) is 0.405. The molecule has 0 unspecified atom stereocenters. The lowest BCUT2D eigenvalue weighted by molar-refractivity contribution is -0.141. The number of methoxy groups -OCH3 is 2. The number of fused-ring (bicyclic) bond motifs is 2. The van der Waals surface area contributed by atoms with Crippen molar-refractivity contribution in [3.8, 4) is 28.3 Å². The Morgan fingerprint density at radius 1 is 0.983 bits per heavy atom. The number of hydrogen-bond donors (Lipinski definition) is 2. The van der Waals surface area contributed by atoms with Gasteiger partial charge in [-0.15, -0.1) is 0 Å². The number of halogens is 4. The van der Waals surface area contributed by atoms with Gasteiger partial charge in [0.1, 0.15) is 16.9 Å². The molecule has 59 heavy (non-hydrogen) atoms. The average Bonchev–Trinajstić information content (AvgIpc) is 3.83. The number of rotatable bonds is 9.